The Hall–Kier alpha value is -1.36. The molecule has 2 aliphatic rings. The van der Waals surface area contributed by atoms with Gasteiger partial charge in [0.2, 0.25) is 5.91 Å². The molecule has 1 aliphatic carbocycles. The first kappa shape index (κ1) is 15.5. The number of carbonyl (C=O) groups is 1. The van der Waals surface area contributed by atoms with E-state index in [1.165, 1.54) is 5.56 Å². The van der Waals surface area contributed by atoms with Crippen LogP contribution >= 0.6 is 0 Å². The number of rotatable bonds is 4. The van der Waals surface area contributed by atoms with Gasteiger partial charge in [0.05, 0.1) is 11.3 Å². The van der Waals surface area contributed by atoms with E-state index in [0.29, 0.717) is 13.1 Å². The largest absolute Gasteiger partial charge is 0.390 e. The summed E-state index contributed by atoms with van der Waals surface area (Å²) in [6, 6.07) is 0. The number of amides is 1. The quantitative estimate of drug-likeness (QED) is 0.923. The Morgan fingerprint density at radius 2 is 2.14 bits per heavy atom. The molecule has 1 atom stereocenters. The lowest BCUT2D eigenvalue weighted by Crippen LogP contribution is -2.45. The molecule has 122 valence electrons. The van der Waals surface area contributed by atoms with Gasteiger partial charge in [-0.25, -0.2) is 0 Å². The SMILES string of the molecule is CCc1c(C)nn(CC(=O)N2CCCC(C3(O)CC3)C2)c1C. The highest BCUT2D eigenvalue weighted by Gasteiger charge is 2.49. The molecule has 1 aromatic rings. The van der Waals surface area contributed by atoms with Crippen LogP contribution in [0.1, 0.15) is 49.6 Å². The number of aromatic nitrogens is 2. The van der Waals surface area contributed by atoms with Gasteiger partial charge in [-0.1, -0.05) is 6.92 Å². The van der Waals surface area contributed by atoms with Crippen molar-refractivity contribution in [2.24, 2.45) is 5.92 Å². The van der Waals surface area contributed by atoms with Gasteiger partial charge >= 0.3 is 0 Å². The zero-order chi connectivity index (χ0) is 15.9. The van der Waals surface area contributed by atoms with E-state index >= 15 is 0 Å². The summed E-state index contributed by atoms with van der Waals surface area (Å²) >= 11 is 0. The third-order valence-electron chi connectivity index (χ3n) is 5.47. The maximum absolute atomic E-state index is 12.6. The fourth-order valence-corrected chi connectivity index (χ4v) is 3.81. The van der Waals surface area contributed by atoms with Gasteiger partial charge in [0.1, 0.15) is 6.54 Å². The van der Waals surface area contributed by atoms with E-state index in [1.54, 1.807) is 0 Å². The Bertz CT molecular complexity index is 575. The van der Waals surface area contributed by atoms with Gasteiger partial charge in [-0.15, -0.1) is 0 Å². The second-order valence-corrected chi connectivity index (χ2v) is 6.94. The molecule has 0 bridgehead atoms. The maximum atomic E-state index is 12.6. The van der Waals surface area contributed by atoms with E-state index in [-0.39, 0.29) is 11.8 Å². The zero-order valence-corrected chi connectivity index (χ0v) is 13.9. The van der Waals surface area contributed by atoms with Gasteiger partial charge in [-0.05, 0) is 51.5 Å². The van der Waals surface area contributed by atoms with Crippen LogP contribution in [0.25, 0.3) is 0 Å². The first-order valence-electron chi connectivity index (χ1n) is 8.47. The number of piperidine rings is 1. The molecule has 1 aliphatic heterocycles. The Labute approximate surface area is 132 Å². The van der Waals surface area contributed by atoms with Crippen LogP contribution in [0, 0.1) is 19.8 Å². The molecule has 5 nitrogen and oxygen atoms in total. The molecule has 0 aromatic carbocycles. The van der Waals surface area contributed by atoms with Crippen LogP contribution in [-0.4, -0.2) is 44.4 Å². The minimum atomic E-state index is -0.480. The highest BCUT2D eigenvalue weighted by Crippen LogP contribution is 2.45. The Balaban J connectivity index is 1.66. The number of hydrogen-bond donors (Lipinski definition) is 1. The van der Waals surface area contributed by atoms with E-state index in [4.69, 9.17) is 0 Å². The minimum absolute atomic E-state index is 0.127. The van der Waals surface area contributed by atoms with Crippen molar-refractivity contribution in [1.29, 1.82) is 0 Å². The molecule has 1 amide bonds. The van der Waals surface area contributed by atoms with E-state index in [0.717, 1.165) is 50.0 Å². The van der Waals surface area contributed by atoms with Crippen molar-refractivity contribution in [2.75, 3.05) is 13.1 Å². The first-order chi connectivity index (χ1) is 10.4. The van der Waals surface area contributed by atoms with Crippen LogP contribution in [0.15, 0.2) is 0 Å². The van der Waals surface area contributed by atoms with Crippen molar-refractivity contribution in [3.05, 3.63) is 17.0 Å². The average molecular weight is 305 g/mol. The Morgan fingerprint density at radius 3 is 2.73 bits per heavy atom. The van der Waals surface area contributed by atoms with Crippen LogP contribution in [0.2, 0.25) is 0 Å². The number of carbonyl (C=O) groups excluding carboxylic acids is 1. The van der Waals surface area contributed by atoms with Crippen molar-refractivity contribution in [3.63, 3.8) is 0 Å². The van der Waals surface area contributed by atoms with Gasteiger partial charge in [0.25, 0.3) is 0 Å². The third-order valence-corrected chi connectivity index (χ3v) is 5.47. The first-order valence-corrected chi connectivity index (χ1v) is 8.47. The predicted octanol–water partition coefficient (Wildman–Crippen LogP) is 1.83. The minimum Gasteiger partial charge on any atom is -0.390 e. The van der Waals surface area contributed by atoms with Gasteiger partial charge in [-0.2, -0.15) is 5.10 Å². The molecule has 0 radical (unpaired) electrons. The normalized spacial score (nSPS) is 23.6. The van der Waals surface area contributed by atoms with Crippen molar-refractivity contribution >= 4 is 5.91 Å². The van der Waals surface area contributed by atoms with E-state index in [2.05, 4.69) is 12.0 Å². The monoisotopic (exact) mass is 305 g/mol. The maximum Gasteiger partial charge on any atom is 0.244 e. The fourth-order valence-electron chi connectivity index (χ4n) is 3.81. The summed E-state index contributed by atoms with van der Waals surface area (Å²) in [7, 11) is 0. The molecular weight excluding hydrogens is 278 g/mol. The highest BCUT2D eigenvalue weighted by molar-refractivity contribution is 5.76. The Kier molecular flexibility index (Phi) is 4.02. The summed E-state index contributed by atoms with van der Waals surface area (Å²) in [5.74, 6) is 0.388. The standard InChI is InChI=1S/C17H27N3O2/c1-4-15-12(2)18-20(13(15)3)11-16(21)19-9-5-6-14(10-19)17(22)7-8-17/h14,22H,4-11H2,1-3H3. The second kappa shape index (κ2) is 5.69. The van der Waals surface area contributed by atoms with E-state index in [9.17, 15) is 9.90 Å². The lowest BCUT2D eigenvalue weighted by Gasteiger charge is -2.35. The summed E-state index contributed by atoms with van der Waals surface area (Å²) in [5.41, 5.74) is 2.89. The molecule has 3 rings (SSSR count). The molecule has 1 N–H and O–H groups in total. The number of hydrogen-bond acceptors (Lipinski definition) is 3. The van der Waals surface area contributed by atoms with E-state index < -0.39 is 5.60 Å². The lowest BCUT2D eigenvalue weighted by atomic mass is 9.90. The average Bonchev–Trinajstić information content (AvgIpc) is 3.20. The van der Waals surface area contributed by atoms with Crippen molar-refractivity contribution in [3.8, 4) is 0 Å². The third kappa shape index (κ3) is 2.78. The number of likely N-dealkylation sites (tertiary alicyclic amines) is 1. The molecule has 1 unspecified atom stereocenters. The van der Waals surface area contributed by atoms with Crippen LogP contribution in [0.4, 0.5) is 0 Å². The van der Waals surface area contributed by atoms with Crippen LogP contribution in [0.3, 0.4) is 0 Å². The van der Waals surface area contributed by atoms with Crippen molar-refractivity contribution < 1.29 is 9.90 Å². The van der Waals surface area contributed by atoms with Gasteiger partial charge in [-0.3, -0.25) is 9.48 Å². The Morgan fingerprint density at radius 1 is 1.41 bits per heavy atom. The summed E-state index contributed by atoms with van der Waals surface area (Å²) in [4.78, 5) is 14.5. The summed E-state index contributed by atoms with van der Waals surface area (Å²) in [6.07, 6.45) is 4.79. The van der Waals surface area contributed by atoms with Crippen LogP contribution in [0.5, 0.6) is 0 Å². The highest BCUT2D eigenvalue weighted by atomic mass is 16.3. The van der Waals surface area contributed by atoms with Crippen LogP contribution in [-0.2, 0) is 17.8 Å². The molecule has 1 aromatic heterocycles. The molecule has 22 heavy (non-hydrogen) atoms. The number of nitrogens with zero attached hydrogens (tertiary/aromatic N) is 3. The lowest BCUT2D eigenvalue weighted by molar-refractivity contribution is -0.135. The van der Waals surface area contributed by atoms with Gasteiger partial charge < -0.3 is 10.0 Å². The van der Waals surface area contributed by atoms with Crippen LogP contribution < -0.4 is 0 Å². The van der Waals surface area contributed by atoms with Gasteiger partial charge in [0.15, 0.2) is 0 Å². The molecule has 5 heteroatoms. The molecule has 2 fully saturated rings. The molecule has 1 saturated heterocycles. The second-order valence-electron chi connectivity index (χ2n) is 6.94. The predicted molar refractivity (Wildman–Crippen MR) is 84.6 cm³/mol. The van der Waals surface area contributed by atoms with Crippen molar-refractivity contribution in [1.82, 2.24) is 14.7 Å². The van der Waals surface area contributed by atoms with Gasteiger partial charge in [0, 0.05) is 24.7 Å². The summed E-state index contributed by atoms with van der Waals surface area (Å²) < 4.78 is 1.84. The summed E-state index contributed by atoms with van der Waals surface area (Å²) in [6.45, 7) is 8.00. The zero-order valence-electron chi connectivity index (χ0n) is 13.9. The molecule has 1 saturated carbocycles. The topological polar surface area (TPSA) is 58.4 Å². The fraction of sp³-hybridized carbons (Fsp3) is 0.765. The summed E-state index contributed by atoms with van der Waals surface area (Å²) in [5, 5.41) is 14.8. The molecular formula is C17H27N3O2. The molecule has 0 spiro atoms. The number of aryl methyl sites for hydroxylation is 1. The van der Waals surface area contributed by atoms with E-state index in [1.807, 2.05) is 23.4 Å². The number of aliphatic hydroxyl groups is 1. The van der Waals surface area contributed by atoms with Crippen molar-refractivity contribution in [2.45, 2.75) is 65.0 Å². The molecule has 2 heterocycles. The smallest absolute Gasteiger partial charge is 0.244 e.